The third-order valence-electron chi connectivity index (χ3n) is 20.9. The van der Waals surface area contributed by atoms with E-state index in [1.807, 2.05) is 97.1 Å². The molecule has 0 unspecified atom stereocenters. The highest BCUT2D eigenvalue weighted by atomic mass is 32.1. The molecule has 0 atom stereocenters. The number of aromatic nitrogens is 15. The Labute approximate surface area is 804 Å². The summed E-state index contributed by atoms with van der Waals surface area (Å²) in [7, 11) is 1.32. The van der Waals surface area contributed by atoms with Gasteiger partial charge in [0.2, 0.25) is 5.91 Å². The number of benzene rings is 15. The number of esters is 2. The van der Waals surface area contributed by atoms with Gasteiger partial charge in [-0.1, -0.05) is 36.4 Å². The largest absolute Gasteiger partial charge is 0.506 e. The first-order chi connectivity index (χ1) is 66.4. The summed E-state index contributed by atoms with van der Waals surface area (Å²) in [5.41, 5.74) is 14.8. The Balaban J connectivity index is 0.000000124. The van der Waals surface area contributed by atoms with Crippen molar-refractivity contribution in [2.45, 2.75) is 6.92 Å². The minimum Gasteiger partial charge on any atom is -0.506 e. The van der Waals surface area contributed by atoms with Crippen molar-refractivity contribution in [2.75, 3.05) is 75.5 Å². The van der Waals surface area contributed by atoms with Crippen LogP contribution in [-0.2, 0) is 9.47 Å². The van der Waals surface area contributed by atoms with E-state index >= 15 is 0 Å². The maximum atomic E-state index is 11.9. The average molecular weight is 1930 g/mol. The topological polar surface area (TPSA) is 438 Å². The molecule has 34 nitrogen and oxygen atoms in total. The van der Waals surface area contributed by atoms with Crippen LogP contribution in [-0.4, -0.2) is 205 Å². The van der Waals surface area contributed by atoms with Crippen molar-refractivity contribution < 1.29 is 83.0 Å². The number of carboxylic acid groups (broad SMARTS) is 1. The van der Waals surface area contributed by atoms with Crippen LogP contribution in [0.15, 0.2) is 243 Å². The van der Waals surface area contributed by atoms with Gasteiger partial charge in [-0.2, -0.15) is 63.1 Å². The number of nitrogens with two attached hydrogens (primary N) is 1. The summed E-state index contributed by atoms with van der Waals surface area (Å²) in [4.78, 5) is 56.2. The Kier molecular flexibility index (Phi) is 29.0. The number of rotatable bonds is 25. The molecule has 0 saturated heterocycles. The number of carboxylic acids is 1. The molecule has 15 aromatic carbocycles. The number of nitrogens with zero attached hydrogens (tertiary/aromatic N) is 16. The number of hydrogen-bond acceptors (Lipinski definition) is 31. The van der Waals surface area contributed by atoms with E-state index in [0.717, 1.165) is 76.9 Å². The Morgan fingerprint density at radius 2 is 0.562 bits per heavy atom. The first-order valence-corrected chi connectivity index (χ1v) is 45.2. The molecule has 0 saturated carbocycles. The molecule has 0 aliphatic carbocycles. The minimum absolute atomic E-state index is 0.0188. The number of hydrogen-bond donors (Lipinski definition) is 12. The van der Waals surface area contributed by atoms with Crippen LogP contribution in [0.1, 0.15) is 48.4 Å². The number of ether oxygens (including phenoxy) is 7. The normalized spacial score (nSPS) is 11.1. The van der Waals surface area contributed by atoms with Gasteiger partial charge in [0.05, 0.1) is 70.0 Å². The molecule has 0 aliphatic heterocycles. The zero-order valence-electron chi connectivity index (χ0n) is 72.5. The number of phenolic OH excluding ortho intramolecular Hbond substituents is 5. The van der Waals surface area contributed by atoms with Crippen molar-refractivity contribution in [3.05, 3.63) is 276 Å². The predicted molar refractivity (Wildman–Crippen MR) is 536 cm³/mol. The molecule has 5 aromatic heterocycles. The third kappa shape index (κ3) is 21.7. The van der Waals surface area contributed by atoms with E-state index in [1.165, 1.54) is 43.2 Å². The van der Waals surface area contributed by atoms with Crippen molar-refractivity contribution in [1.82, 2.24) is 75.0 Å². The van der Waals surface area contributed by atoms with Crippen molar-refractivity contribution >= 4 is 202 Å². The number of aromatic carboxylic acids is 1. The van der Waals surface area contributed by atoms with Crippen molar-refractivity contribution in [3.8, 4) is 85.9 Å². The monoisotopic (exact) mass is 1930 g/mol. The van der Waals surface area contributed by atoms with Gasteiger partial charge in [-0.05, 0) is 267 Å². The van der Waals surface area contributed by atoms with E-state index in [1.54, 1.807) is 140 Å². The number of aromatic hydroxyl groups is 5. The van der Waals surface area contributed by atoms with Crippen LogP contribution in [0.5, 0.6) is 57.5 Å². The van der Waals surface area contributed by atoms with Crippen LogP contribution < -0.4 is 29.4 Å². The first-order valence-electron chi connectivity index (χ1n) is 42.0. The molecule has 5 heterocycles. The van der Waals surface area contributed by atoms with Gasteiger partial charge in [-0.3, -0.25) is 4.79 Å². The van der Waals surface area contributed by atoms with E-state index in [-0.39, 0.29) is 34.3 Å². The molecule has 0 bridgehead atoms. The highest BCUT2D eigenvalue weighted by Gasteiger charge is 2.22. The fraction of sp³-hybridized carbons (Fsp3) is 0.133. The predicted octanol–water partition coefficient (Wildman–Crippen LogP) is 17.3. The first kappa shape index (κ1) is 93.9. The third-order valence-corrected chi connectivity index (χ3v) is 21.8. The maximum Gasteiger partial charge on any atom is 0.338 e. The molecule has 690 valence electrons. The summed E-state index contributed by atoms with van der Waals surface area (Å²) in [6.45, 7) is 11.7. The van der Waals surface area contributed by atoms with Crippen LogP contribution >= 0.6 is 63.1 Å². The quantitative estimate of drug-likeness (QED) is 0.0144. The minimum atomic E-state index is -1.03. The molecule has 1 amide bonds. The smallest absolute Gasteiger partial charge is 0.338 e. The van der Waals surface area contributed by atoms with Crippen LogP contribution in [0.25, 0.3) is 142 Å². The lowest BCUT2D eigenvalue weighted by atomic mass is 10.1. The highest BCUT2D eigenvalue weighted by molar-refractivity contribution is 7.80. The second kappa shape index (κ2) is 42.3. The van der Waals surface area contributed by atoms with Crippen molar-refractivity contribution in [2.24, 2.45) is 5.73 Å². The van der Waals surface area contributed by atoms with Crippen LogP contribution in [0.4, 0.5) is 5.69 Å². The fourth-order valence-electron chi connectivity index (χ4n) is 14.4. The SMILES string of the molecule is CCOC(=O)c1ccc2nn(-c3cc4cc(OCCS)ccc4cc3O)nc2c1.COC(=O)c1ccc2nn(-c3cc4cc(OCCS)ccc4cc3O)nc2c1.NC(=O)c1ccc2nn(-c3cc4cc(OCCS)ccc4cc3O)nc2c1.O=C(O)c1ccc2nn(-c3cc4cc(OCCS)ccc4cc3O)nc2c1.[C-]#[N+]c1ccc2nn(-c3cc4cc(OCCS)ccc4cc3O)nc2c1. The number of primary amides is 1. The molecule has 20 aromatic rings. The van der Waals surface area contributed by atoms with Crippen molar-refractivity contribution in [3.63, 3.8) is 0 Å². The molecule has 20 rings (SSSR count). The second-order valence-electron chi connectivity index (χ2n) is 30.0. The summed E-state index contributed by atoms with van der Waals surface area (Å²) in [5.74, 6) is 4.53. The Morgan fingerprint density at radius 3 is 0.825 bits per heavy atom. The number of phenols is 5. The molecule has 8 N–H and O–H groups in total. The molecule has 39 heteroatoms. The average Bonchev–Trinajstić information content (AvgIpc) is 1.93. The zero-order valence-corrected chi connectivity index (χ0v) is 77.0. The van der Waals surface area contributed by atoms with Gasteiger partial charge in [-0.25, -0.2) is 19.2 Å². The van der Waals surface area contributed by atoms with Crippen LogP contribution in [0.3, 0.4) is 0 Å². The van der Waals surface area contributed by atoms with E-state index in [9.17, 15) is 44.7 Å². The van der Waals surface area contributed by atoms with Crippen LogP contribution in [0.2, 0.25) is 0 Å². The standard InChI is InChI=1S/C21H19N3O4S.C20H17N3O4S.C19H16N4O3S.C19H14N4O2S.C19H15N3O4S/c1-2-27-21(26)14-4-6-17-18(10-14)23-24(22-17)19-11-15-9-16(28-7-8-29)5-3-13(15)12-20(19)25;1-26-20(25)13-3-5-16-17(9-13)22-23(21-16)18-10-14-8-15(27-6-7-28)4-2-12(14)11-19(18)24;20-19(25)12-2-4-15-16(8-12)22-23(21-15)17-9-13-7-14(26-5-6-27)3-1-11(13)10-18(17)24;1-20-14-3-5-16-17(11-14)22-23(21-16)18-9-13-8-15(25-6-7-26)4-2-12(13)10-19(18)24;23-18-10-11-1-3-14(26-5-6-27)7-13(11)9-17(18)22-20-15-4-2-12(19(24)25)8-16(15)21-22/h3-6,9-12,25,29H,2,7-8H2,1H3;2-5,8-11,24,28H,6-7H2,1H3;1-4,7-10,24,27H,5-6H2,(H2,20,25);2-5,8-11,24,26H,6-7H2;1-4,7-10,23,27H,5-6H2,(H,24,25). The number of thiol groups is 5. The Morgan fingerprint density at radius 1 is 0.314 bits per heavy atom. The van der Waals surface area contributed by atoms with Gasteiger partial charge in [-0.15, -0.1) is 75.0 Å². The summed E-state index contributed by atoms with van der Waals surface area (Å²) in [6.07, 6.45) is 0. The van der Waals surface area contributed by atoms with Gasteiger partial charge in [0.15, 0.2) is 5.69 Å². The van der Waals surface area contributed by atoms with Gasteiger partial charge in [0.25, 0.3) is 0 Å². The number of carbonyl (C=O) groups is 4. The molecule has 137 heavy (non-hydrogen) atoms. The molecular weight excluding hydrogens is 1850 g/mol. The van der Waals surface area contributed by atoms with Crippen molar-refractivity contribution in [1.29, 1.82) is 0 Å². The van der Waals surface area contributed by atoms with Gasteiger partial charge >= 0.3 is 17.9 Å². The van der Waals surface area contributed by atoms with Gasteiger partial charge in [0.1, 0.15) is 141 Å². The van der Waals surface area contributed by atoms with E-state index < -0.39 is 23.8 Å². The number of fused-ring (bicyclic) bond motifs is 10. The molecule has 0 fully saturated rings. The lowest BCUT2D eigenvalue weighted by Gasteiger charge is -2.08. The zero-order chi connectivity index (χ0) is 96.1. The fourth-order valence-corrected chi connectivity index (χ4v) is 14.8. The second-order valence-corrected chi connectivity index (χ2v) is 32.3. The molecule has 0 spiro atoms. The highest BCUT2D eigenvalue weighted by Crippen LogP contribution is 2.38. The van der Waals surface area contributed by atoms with Crippen LogP contribution in [0, 0.1) is 6.57 Å². The lowest BCUT2D eigenvalue weighted by Crippen LogP contribution is -2.10. The van der Waals surface area contributed by atoms with E-state index in [0.29, 0.717) is 180 Å². The molecule has 0 radical (unpaired) electrons. The van der Waals surface area contributed by atoms with E-state index in [4.69, 9.17) is 50.6 Å². The van der Waals surface area contributed by atoms with E-state index in [2.05, 4.69) is 119 Å². The maximum absolute atomic E-state index is 11.9. The number of carbonyl (C=O) groups excluding carboxylic acids is 3. The van der Waals surface area contributed by atoms with Gasteiger partial charge < -0.3 is 69.5 Å². The lowest BCUT2D eigenvalue weighted by molar-refractivity contribution is 0.0524. The summed E-state index contributed by atoms with van der Waals surface area (Å²) in [6, 6.07) is 69.6. The van der Waals surface area contributed by atoms with Gasteiger partial charge in [0, 0.05) is 34.3 Å². The Hall–Kier alpha value is -16.3. The summed E-state index contributed by atoms with van der Waals surface area (Å²) >= 11 is 20.7. The molecular formula is C98H81N17O17S5. The summed E-state index contributed by atoms with van der Waals surface area (Å²) in [5, 5.41) is 114. The Bertz CT molecular complexity index is 7880. The number of amides is 1. The number of methoxy groups -OCH3 is 1. The summed E-state index contributed by atoms with van der Waals surface area (Å²) < 4.78 is 37.8. The molecule has 0 aliphatic rings.